The minimum atomic E-state index is 0.709. The zero-order valence-electron chi connectivity index (χ0n) is 14.3. The fraction of sp³-hybridized carbons (Fsp3) is 0.333. The summed E-state index contributed by atoms with van der Waals surface area (Å²) in [5.74, 6) is 0.968. The van der Waals surface area contributed by atoms with Gasteiger partial charge in [-0.15, -0.1) is 0 Å². The lowest BCUT2D eigenvalue weighted by molar-refractivity contribution is 0.313. The Morgan fingerprint density at radius 1 is 1.00 bits per heavy atom. The van der Waals surface area contributed by atoms with Crippen molar-refractivity contribution in [2.45, 2.75) is 29.6 Å². The number of hydrogen-bond acceptors (Lipinski definition) is 3. The Morgan fingerprint density at radius 2 is 1.75 bits per heavy atom. The molecule has 0 unspecified atom stereocenters. The molecular weight excluding hydrogens is 314 g/mol. The largest absolute Gasteiger partial charge is 0.494 e. The Bertz CT molecular complexity index is 786. The van der Waals surface area contributed by atoms with Gasteiger partial charge in [0.25, 0.3) is 0 Å². The number of rotatable bonds is 2. The van der Waals surface area contributed by atoms with Crippen LogP contribution in [-0.2, 0) is 0 Å². The van der Waals surface area contributed by atoms with Crippen LogP contribution in [0.3, 0.4) is 0 Å². The first-order valence-electron chi connectivity index (χ1n) is 8.71. The summed E-state index contributed by atoms with van der Waals surface area (Å²) in [7, 11) is 2.22. The second kappa shape index (κ2) is 6.66. The van der Waals surface area contributed by atoms with Crippen LogP contribution in [0.15, 0.2) is 57.8 Å². The highest BCUT2D eigenvalue weighted by molar-refractivity contribution is 7.99. The number of fused-ring (bicyclic) bond motifs is 2. The SMILES string of the molecule is CCOc1ccc2c(c1)Sc1ccccc1C2=C1CCN(C)CC1. The molecule has 124 valence electrons. The Labute approximate surface area is 148 Å². The van der Waals surface area contributed by atoms with Crippen molar-refractivity contribution in [1.29, 1.82) is 0 Å². The molecule has 0 amide bonds. The molecular formula is C21H23NOS. The number of hydrogen-bond donors (Lipinski definition) is 0. The average molecular weight is 337 g/mol. The molecule has 2 heterocycles. The molecule has 2 nitrogen and oxygen atoms in total. The van der Waals surface area contributed by atoms with Crippen molar-refractivity contribution in [3.8, 4) is 5.75 Å². The molecule has 2 aliphatic heterocycles. The molecule has 0 atom stereocenters. The Balaban J connectivity index is 1.85. The quantitative estimate of drug-likeness (QED) is 0.647. The molecule has 2 aliphatic rings. The van der Waals surface area contributed by atoms with Crippen molar-refractivity contribution >= 4 is 17.3 Å². The van der Waals surface area contributed by atoms with Gasteiger partial charge in [0.1, 0.15) is 5.75 Å². The first kappa shape index (κ1) is 15.8. The average Bonchev–Trinajstić information content (AvgIpc) is 2.61. The summed E-state index contributed by atoms with van der Waals surface area (Å²) in [5.41, 5.74) is 5.85. The van der Waals surface area contributed by atoms with Crippen molar-refractivity contribution in [1.82, 2.24) is 4.90 Å². The van der Waals surface area contributed by atoms with Crippen molar-refractivity contribution in [3.05, 3.63) is 59.2 Å². The molecule has 0 aliphatic carbocycles. The van der Waals surface area contributed by atoms with Crippen LogP contribution in [0.1, 0.15) is 30.9 Å². The lowest BCUT2D eigenvalue weighted by Crippen LogP contribution is -2.27. The molecule has 0 radical (unpaired) electrons. The van der Waals surface area contributed by atoms with E-state index in [9.17, 15) is 0 Å². The second-order valence-corrected chi connectivity index (χ2v) is 7.55. The third-order valence-corrected chi connectivity index (χ3v) is 5.99. The standard InChI is InChI=1S/C21H23NOS/c1-3-23-16-8-9-18-20(14-16)24-19-7-5-4-6-17(19)21(18)15-10-12-22(2)13-11-15/h4-9,14H,3,10-13H2,1-2H3. The van der Waals surface area contributed by atoms with Gasteiger partial charge in [0.05, 0.1) is 6.61 Å². The predicted octanol–water partition coefficient (Wildman–Crippen LogP) is 5.08. The maximum absolute atomic E-state index is 5.72. The number of likely N-dealkylation sites (tertiary alicyclic amines) is 1. The summed E-state index contributed by atoms with van der Waals surface area (Å²) in [5, 5.41) is 0. The molecule has 0 saturated carbocycles. The van der Waals surface area contributed by atoms with Crippen molar-refractivity contribution < 1.29 is 4.74 Å². The van der Waals surface area contributed by atoms with E-state index in [-0.39, 0.29) is 0 Å². The van der Waals surface area contributed by atoms with E-state index >= 15 is 0 Å². The molecule has 0 spiro atoms. The smallest absolute Gasteiger partial charge is 0.120 e. The molecule has 1 saturated heterocycles. The van der Waals surface area contributed by atoms with Crippen LogP contribution >= 0.6 is 11.8 Å². The van der Waals surface area contributed by atoms with E-state index in [1.54, 1.807) is 5.57 Å². The van der Waals surface area contributed by atoms with Crippen LogP contribution in [-0.4, -0.2) is 31.6 Å². The fourth-order valence-electron chi connectivity index (χ4n) is 3.60. The summed E-state index contributed by atoms with van der Waals surface area (Å²) in [6.45, 7) is 5.05. The van der Waals surface area contributed by atoms with Gasteiger partial charge in [-0.25, -0.2) is 0 Å². The van der Waals surface area contributed by atoms with Crippen LogP contribution in [0.4, 0.5) is 0 Å². The van der Waals surface area contributed by atoms with Gasteiger partial charge in [0, 0.05) is 22.9 Å². The lowest BCUT2D eigenvalue weighted by Gasteiger charge is -2.30. The van der Waals surface area contributed by atoms with E-state index in [2.05, 4.69) is 54.4 Å². The lowest BCUT2D eigenvalue weighted by atomic mass is 9.88. The van der Waals surface area contributed by atoms with Crippen LogP contribution in [0.5, 0.6) is 5.75 Å². The van der Waals surface area contributed by atoms with Crippen molar-refractivity contribution in [3.63, 3.8) is 0 Å². The topological polar surface area (TPSA) is 12.5 Å². The number of benzene rings is 2. The normalized spacial score (nSPS) is 17.4. The highest BCUT2D eigenvalue weighted by Gasteiger charge is 2.25. The number of ether oxygens (including phenoxy) is 1. The van der Waals surface area contributed by atoms with E-state index in [1.807, 2.05) is 18.7 Å². The van der Waals surface area contributed by atoms with Crippen molar-refractivity contribution in [2.75, 3.05) is 26.7 Å². The third kappa shape index (κ3) is 2.87. The van der Waals surface area contributed by atoms with Crippen LogP contribution in [0, 0.1) is 0 Å². The number of nitrogens with zero attached hydrogens (tertiary/aromatic N) is 1. The van der Waals surface area contributed by atoms with Gasteiger partial charge in [-0.3, -0.25) is 0 Å². The minimum Gasteiger partial charge on any atom is -0.494 e. The Kier molecular flexibility index (Phi) is 4.38. The summed E-state index contributed by atoms with van der Waals surface area (Å²) in [6.07, 6.45) is 2.33. The Morgan fingerprint density at radius 3 is 2.54 bits per heavy atom. The van der Waals surface area contributed by atoms with Gasteiger partial charge in [-0.2, -0.15) is 0 Å². The van der Waals surface area contributed by atoms with Gasteiger partial charge >= 0.3 is 0 Å². The Hall–Kier alpha value is -1.71. The van der Waals surface area contributed by atoms with Gasteiger partial charge in [0.2, 0.25) is 0 Å². The van der Waals surface area contributed by atoms with Crippen LogP contribution in [0.25, 0.3) is 5.57 Å². The maximum atomic E-state index is 5.72. The molecule has 2 aromatic rings. The molecule has 1 fully saturated rings. The molecule has 3 heteroatoms. The summed E-state index contributed by atoms with van der Waals surface area (Å²) < 4.78 is 5.72. The van der Waals surface area contributed by atoms with E-state index in [0.29, 0.717) is 6.61 Å². The van der Waals surface area contributed by atoms with E-state index < -0.39 is 0 Å². The minimum absolute atomic E-state index is 0.709. The third-order valence-electron chi connectivity index (χ3n) is 4.85. The second-order valence-electron chi connectivity index (χ2n) is 6.47. The molecule has 0 bridgehead atoms. The van der Waals surface area contributed by atoms with Crippen LogP contribution in [0.2, 0.25) is 0 Å². The first-order valence-corrected chi connectivity index (χ1v) is 9.53. The summed E-state index contributed by atoms with van der Waals surface area (Å²) in [4.78, 5) is 5.10. The van der Waals surface area contributed by atoms with Gasteiger partial charge in [0.15, 0.2) is 0 Å². The van der Waals surface area contributed by atoms with Gasteiger partial charge < -0.3 is 9.64 Å². The maximum Gasteiger partial charge on any atom is 0.120 e. The molecule has 0 N–H and O–H groups in total. The molecule has 24 heavy (non-hydrogen) atoms. The van der Waals surface area contributed by atoms with Crippen LogP contribution < -0.4 is 4.74 Å². The molecule has 2 aromatic carbocycles. The fourth-order valence-corrected chi connectivity index (χ4v) is 4.71. The predicted molar refractivity (Wildman–Crippen MR) is 101 cm³/mol. The monoisotopic (exact) mass is 337 g/mol. The highest BCUT2D eigenvalue weighted by atomic mass is 32.2. The first-order chi connectivity index (χ1) is 11.8. The van der Waals surface area contributed by atoms with E-state index in [4.69, 9.17) is 4.74 Å². The zero-order chi connectivity index (χ0) is 16.5. The van der Waals surface area contributed by atoms with E-state index in [1.165, 1.54) is 26.5 Å². The van der Waals surface area contributed by atoms with Gasteiger partial charge in [-0.05, 0) is 67.8 Å². The van der Waals surface area contributed by atoms with Crippen molar-refractivity contribution in [2.24, 2.45) is 0 Å². The summed E-state index contributed by atoms with van der Waals surface area (Å²) >= 11 is 1.87. The van der Waals surface area contributed by atoms with Gasteiger partial charge in [-0.1, -0.05) is 35.5 Å². The van der Waals surface area contributed by atoms with E-state index in [0.717, 1.165) is 31.7 Å². The zero-order valence-corrected chi connectivity index (χ0v) is 15.2. The molecule has 4 rings (SSSR count). The number of piperidine rings is 1. The molecule has 0 aromatic heterocycles. The summed E-state index contributed by atoms with van der Waals surface area (Å²) in [6, 6.07) is 15.4. The highest BCUT2D eigenvalue weighted by Crippen LogP contribution is 2.48.